The lowest BCUT2D eigenvalue weighted by molar-refractivity contribution is -0.122. The van der Waals surface area contributed by atoms with Crippen molar-refractivity contribution in [2.75, 3.05) is 27.2 Å². The molecule has 0 aliphatic carbocycles. The smallest absolute Gasteiger partial charge is 0.221 e. The van der Waals surface area contributed by atoms with Gasteiger partial charge in [-0.1, -0.05) is 13.8 Å². The third kappa shape index (κ3) is 5.94. The van der Waals surface area contributed by atoms with Crippen LogP contribution < -0.4 is 11.1 Å². The van der Waals surface area contributed by atoms with Crippen LogP contribution in [-0.4, -0.2) is 44.0 Å². The molecule has 14 heavy (non-hydrogen) atoms. The molecule has 0 bridgehead atoms. The molecular weight excluding hydrogens is 178 g/mol. The Morgan fingerprint density at radius 2 is 2.00 bits per heavy atom. The maximum Gasteiger partial charge on any atom is 0.221 e. The maximum atomic E-state index is 11.3. The highest BCUT2D eigenvalue weighted by molar-refractivity contribution is 5.76. The molecule has 0 saturated heterocycles. The van der Waals surface area contributed by atoms with Crippen LogP contribution in [0.5, 0.6) is 0 Å². The molecule has 0 aromatic carbocycles. The summed E-state index contributed by atoms with van der Waals surface area (Å²) in [6.07, 6.45) is 0.413. The third-order valence-electron chi connectivity index (χ3n) is 2.08. The molecule has 1 unspecified atom stereocenters. The number of nitrogens with two attached hydrogens (primary N) is 1. The molecule has 4 heteroatoms. The van der Waals surface area contributed by atoms with E-state index in [9.17, 15) is 4.79 Å². The maximum absolute atomic E-state index is 11.3. The van der Waals surface area contributed by atoms with E-state index in [0.29, 0.717) is 18.9 Å². The second-order valence-electron chi connectivity index (χ2n) is 4.22. The van der Waals surface area contributed by atoms with Gasteiger partial charge in [-0.25, -0.2) is 0 Å². The van der Waals surface area contributed by atoms with E-state index in [4.69, 9.17) is 5.73 Å². The van der Waals surface area contributed by atoms with Crippen LogP contribution in [0.15, 0.2) is 0 Å². The van der Waals surface area contributed by atoms with Crippen molar-refractivity contribution >= 4 is 5.91 Å². The first-order valence-electron chi connectivity index (χ1n) is 5.11. The number of carbonyl (C=O) groups is 1. The summed E-state index contributed by atoms with van der Waals surface area (Å²) in [6, 6.07) is 0.212. The Hall–Kier alpha value is -0.610. The van der Waals surface area contributed by atoms with E-state index >= 15 is 0 Å². The van der Waals surface area contributed by atoms with Gasteiger partial charge in [0.25, 0.3) is 0 Å². The molecule has 4 nitrogen and oxygen atoms in total. The van der Waals surface area contributed by atoms with Crippen molar-refractivity contribution in [3.8, 4) is 0 Å². The molecule has 0 fully saturated rings. The molecule has 3 N–H and O–H groups in total. The summed E-state index contributed by atoms with van der Waals surface area (Å²) < 4.78 is 0. The Morgan fingerprint density at radius 3 is 2.36 bits per heavy atom. The molecule has 0 spiro atoms. The zero-order valence-electron chi connectivity index (χ0n) is 9.71. The summed E-state index contributed by atoms with van der Waals surface area (Å²) in [5.41, 5.74) is 5.31. The van der Waals surface area contributed by atoms with E-state index in [1.165, 1.54) is 0 Å². The second kappa shape index (κ2) is 6.79. The molecule has 0 aliphatic rings. The lowest BCUT2D eigenvalue weighted by atomic mass is 10.0. The summed E-state index contributed by atoms with van der Waals surface area (Å²) in [6.45, 7) is 5.50. The van der Waals surface area contributed by atoms with Gasteiger partial charge in [-0.2, -0.15) is 0 Å². The highest BCUT2D eigenvalue weighted by Gasteiger charge is 2.16. The zero-order chi connectivity index (χ0) is 11.1. The van der Waals surface area contributed by atoms with Gasteiger partial charge in [0.15, 0.2) is 0 Å². The van der Waals surface area contributed by atoms with Crippen LogP contribution in [0, 0.1) is 5.92 Å². The minimum Gasteiger partial charge on any atom is -0.352 e. The predicted molar refractivity (Wildman–Crippen MR) is 59.0 cm³/mol. The number of likely N-dealkylation sites (N-methyl/N-ethyl adjacent to an activating group) is 1. The number of nitrogens with zero attached hydrogens (tertiary/aromatic N) is 1. The number of nitrogens with one attached hydrogen (secondary N) is 1. The average Bonchev–Trinajstić information content (AvgIpc) is 2.02. The summed E-state index contributed by atoms with van der Waals surface area (Å²) in [7, 11) is 4.01. The minimum absolute atomic E-state index is 0.0491. The number of amides is 1. The number of rotatable bonds is 6. The normalized spacial score (nSPS) is 13.4. The van der Waals surface area contributed by atoms with E-state index in [-0.39, 0.29) is 11.9 Å². The molecule has 0 aromatic heterocycles. The van der Waals surface area contributed by atoms with Crippen LogP contribution in [0.4, 0.5) is 0 Å². The van der Waals surface area contributed by atoms with Gasteiger partial charge in [0.05, 0.1) is 0 Å². The quantitative estimate of drug-likeness (QED) is 0.638. The molecule has 0 aromatic rings. The molecule has 0 saturated carbocycles. The molecule has 1 atom stereocenters. The topological polar surface area (TPSA) is 58.4 Å². The van der Waals surface area contributed by atoms with Crippen molar-refractivity contribution in [2.45, 2.75) is 26.3 Å². The number of hydrogen-bond acceptors (Lipinski definition) is 3. The SMILES string of the molecule is CC(C)C(CN(C)C)NC(=O)CCN. The van der Waals surface area contributed by atoms with E-state index in [2.05, 4.69) is 24.1 Å². The molecule has 1 amide bonds. The standard InChI is InChI=1S/C10H23N3O/c1-8(2)9(7-13(3)4)12-10(14)5-6-11/h8-9H,5-7,11H2,1-4H3,(H,12,14). The fraction of sp³-hybridized carbons (Fsp3) is 0.900. The molecule has 0 rings (SSSR count). The van der Waals surface area contributed by atoms with Gasteiger partial charge in [-0.3, -0.25) is 4.79 Å². The van der Waals surface area contributed by atoms with Crippen molar-refractivity contribution in [1.29, 1.82) is 0 Å². The highest BCUT2D eigenvalue weighted by atomic mass is 16.1. The Kier molecular flexibility index (Phi) is 6.49. The number of hydrogen-bond donors (Lipinski definition) is 2. The Balaban J connectivity index is 4.02. The van der Waals surface area contributed by atoms with Gasteiger partial charge in [0.2, 0.25) is 5.91 Å². The predicted octanol–water partition coefficient (Wildman–Crippen LogP) is 0.0376. The molecule has 84 valence electrons. The van der Waals surface area contributed by atoms with Crippen LogP contribution in [0.25, 0.3) is 0 Å². The fourth-order valence-electron chi connectivity index (χ4n) is 1.23. The van der Waals surface area contributed by atoms with Crippen LogP contribution in [0.2, 0.25) is 0 Å². The average molecular weight is 201 g/mol. The van der Waals surface area contributed by atoms with Crippen molar-refractivity contribution in [2.24, 2.45) is 11.7 Å². The monoisotopic (exact) mass is 201 g/mol. The van der Waals surface area contributed by atoms with Crippen LogP contribution in [-0.2, 0) is 4.79 Å². The first kappa shape index (κ1) is 13.4. The molecule has 0 aliphatic heterocycles. The van der Waals surface area contributed by atoms with E-state index in [1.54, 1.807) is 0 Å². The van der Waals surface area contributed by atoms with Gasteiger partial charge in [-0.15, -0.1) is 0 Å². The zero-order valence-corrected chi connectivity index (χ0v) is 9.71. The van der Waals surface area contributed by atoms with Gasteiger partial charge >= 0.3 is 0 Å². The van der Waals surface area contributed by atoms with Crippen LogP contribution in [0.1, 0.15) is 20.3 Å². The van der Waals surface area contributed by atoms with E-state index in [1.807, 2.05) is 14.1 Å². The first-order chi connectivity index (χ1) is 6.47. The van der Waals surface area contributed by atoms with Crippen molar-refractivity contribution in [3.63, 3.8) is 0 Å². The molecule has 0 heterocycles. The Morgan fingerprint density at radius 1 is 1.43 bits per heavy atom. The van der Waals surface area contributed by atoms with E-state index in [0.717, 1.165) is 6.54 Å². The van der Waals surface area contributed by atoms with Gasteiger partial charge in [-0.05, 0) is 20.0 Å². The van der Waals surface area contributed by atoms with Crippen molar-refractivity contribution in [1.82, 2.24) is 10.2 Å². The van der Waals surface area contributed by atoms with Crippen molar-refractivity contribution in [3.05, 3.63) is 0 Å². The third-order valence-corrected chi connectivity index (χ3v) is 2.08. The van der Waals surface area contributed by atoms with Gasteiger partial charge in [0.1, 0.15) is 0 Å². The Labute approximate surface area is 86.8 Å². The minimum atomic E-state index is 0.0491. The van der Waals surface area contributed by atoms with E-state index < -0.39 is 0 Å². The van der Waals surface area contributed by atoms with Gasteiger partial charge < -0.3 is 16.0 Å². The van der Waals surface area contributed by atoms with Crippen LogP contribution in [0.3, 0.4) is 0 Å². The summed E-state index contributed by atoms with van der Waals surface area (Å²) in [5, 5.41) is 2.99. The highest BCUT2D eigenvalue weighted by Crippen LogP contribution is 2.02. The first-order valence-corrected chi connectivity index (χ1v) is 5.11. The largest absolute Gasteiger partial charge is 0.352 e. The summed E-state index contributed by atoms with van der Waals surface area (Å²) in [5.74, 6) is 0.493. The molecular formula is C10H23N3O. The second-order valence-corrected chi connectivity index (χ2v) is 4.22. The van der Waals surface area contributed by atoms with Crippen molar-refractivity contribution < 1.29 is 4.79 Å². The summed E-state index contributed by atoms with van der Waals surface area (Å²) in [4.78, 5) is 13.4. The lowest BCUT2D eigenvalue weighted by Crippen LogP contribution is -2.45. The molecule has 0 radical (unpaired) electrons. The van der Waals surface area contributed by atoms with Gasteiger partial charge in [0, 0.05) is 25.6 Å². The summed E-state index contributed by atoms with van der Waals surface area (Å²) >= 11 is 0. The van der Waals surface area contributed by atoms with Crippen LogP contribution >= 0.6 is 0 Å². The lowest BCUT2D eigenvalue weighted by Gasteiger charge is -2.25. The Bertz CT molecular complexity index is 169. The fourth-order valence-corrected chi connectivity index (χ4v) is 1.23. The number of carbonyl (C=O) groups excluding carboxylic acids is 1.